The molecule has 1 heterocycles. The summed E-state index contributed by atoms with van der Waals surface area (Å²) < 4.78 is 11.8. The maximum Gasteiger partial charge on any atom is 0.177 e. The van der Waals surface area contributed by atoms with Crippen molar-refractivity contribution in [2.24, 2.45) is 0 Å². The standard InChI is InChI=1S/C25H20ClNO2/c1-28-20-13-8-18(9-14-20)25-27-23(17-6-11-19(26)12-7-17)22-15-10-16-4-2-3-5-21(16)24(22)29-25/h2-15,23,25,27H,1H3/t23-,25+/m1/s1. The van der Waals surface area contributed by atoms with Gasteiger partial charge in [-0.05, 0) is 35.2 Å². The van der Waals surface area contributed by atoms with Gasteiger partial charge in [-0.25, -0.2) is 0 Å². The van der Waals surface area contributed by atoms with E-state index in [9.17, 15) is 0 Å². The molecule has 5 rings (SSSR count). The SMILES string of the molecule is COc1ccc([C@H]2N[C@H](c3ccc(Cl)cc3)c3ccc4ccccc4c3O2)cc1. The third-order valence-corrected chi connectivity index (χ3v) is 5.65. The maximum absolute atomic E-state index is 6.50. The molecule has 0 radical (unpaired) electrons. The Balaban J connectivity index is 1.64. The molecule has 0 spiro atoms. The molecule has 4 heteroatoms. The monoisotopic (exact) mass is 401 g/mol. The van der Waals surface area contributed by atoms with Crippen LogP contribution in [0, 0.1) is 0 Å². The molecular formula is C25H20ClNO2. The zero-order chi connectivity index (χ0) is 19.8. The summed E-state index contributed by atoms with van der Waals surface area (Å²) in [4.78, 5) is 0. The van der Waals surface area contributed by atoms with E-state index in [-0.39, 0.29) is 12.3 Å². The fourth-order valence-corrected chi connectivity index (χ4v) is 4.01. The molecule has 0 aromatic heterocycles. The Morgan fingerprint density at radius 3 is 2.31 bits per heavy atom. The van der Waals surface area contributed by atoms with Crippen LogP contribution in [0.2, 0.25) is 5.02 Å². The molecule has 3 nitrogen and oxygen atoms in total. The molecule has 0 unspecified atom stereocenters. The van der Waals surface area contributed by atoms with Gasteiger partial charge in [0.05, 0.1) is 13.2 Å². The Labute approximate surface area is 174 Å². The number of halogens is 1. The van der Waals surface area contributed by atoms with Crippen LogP contribution in [0.1, 0.15) is 29.0 Å². The first-order valence-corrected chi connectivity index (χ1v) is 9.94. The summed E-state index contributed by atoms with van der Waals surface area (Å²) in [6.45, 7) is 0. The molecule has 2 atom stereocenters. The van der Waals surface area contributed by atoms with Crippen molar-refractivity contribution < 1.29 is 9.47 Å². The second-order valence-electron chi connectivity index (χ2n) is 7.13. The van der Waals surface area contributed by atoms with Crippen LogP contribution in [0.5, 0.6) is 11.5 Å². The summed E-state index contributed by atoms with van der Waals surface area (Å²) in [5, 5.41) is 6.66. The van der Waals surface area contributed by atoms with E-state index in [4.69, 9.17) is 21.1 Å². The summed E-state index contributed by atoms with van der Waals surface area (Å²) in [7, 11) is 1.67. The van der Waals surface area contributed by atoms with E-state index >= 15 is 0 Å². The van der Waals surface area contributed by atoms with Gasteiger partial charge in [-0.15, -0.1) is 0 Å². The van der Waals surface area contributed by atoms with Crippen LogP contribution in [-0.4, -0.2) is 7.11 Å². The van der Waals surface area contributed by atoms with Crippen LogP contribution in [0.4, 0.5) is 0 Å². The van der Waals surface area contributed by atoms with Crippen molar-refractivity contribution in [1.82, 2.24) is 5.32 Å². The topological polar surface area (TPSA) is 30.5 Å². The first kappa shape index (κ1) is 18.0. The van der Waals surface area contributed by atoms with Gasteiger partial charge in [0.2, 0.25) is 0 Å². The lowest BCUT2D eigenvalue weighted by Crippen LogP contribution is -2.35. The fraction of sp³-hybridized carbons (Fsp3) is 0.120. The summed E-state index contributed by atoms with van der Waals surface area (Å²) in [6.07, 6.45) is -0.278. The fourth-order valence-electron chi connectivity index (χ4n) is 3.89. The van der Waals surface area contributed by atoms with E-state index in [1.54, 1.807) is 7.11 Å². The summed E-state index contributed by atoms with van der Waals surface area (Å²) in [5.74, 6) is 1.74. The second kappa shape index (κ2) is 7.43. The van der Waals surface area contributed by atoms with Crippen LogP contribution < -0.4 is 14.8 Å². The quantitative estimate of drug-likeness (QED) is 0.438. The number of methoxy groups -OCH3 is 1. The zero-order valence-electron chi connectivity index (χ0n) is 15.9. The van der Waals surface area contributed by atoms with Crippen molar-refractivity contribution >= 4 is 22.4 Å². The lowest BCUT2D eigenvalue weighted by Gasteiger charge is -2.35. The van der Waals surface area contributed by atoms with Gasteiger partial charge in [0.15, 0.2) is 6.23 Å². The van der Waals surface area contributed by atoms with Crippen molar-refractivity contribution in [2.45, 2.75) is 12.3 Å². The molecule has 1 aliphatic heterocycles. The molecule has 29 heavy (non-hydrogen) atoms. The Bertz CT molecular complexity index is 1160. The smallest absolute Gasteiger partial charge is 0.177 e. The molecule has 0 aliphatic carbocycles. The number of ether oxygens (including phenoxy) is 2. The normalized spacial score (nSPS) is 18.1. The van der Waals surface area contributed by atoms with Gasteiger partial charge >= 0.3 is 0 Å². The average molecular weight is 402 g/mol. The molecule has 4 aromatic carbocycles. The predicted octanol–water partition coefficient (Wildman–Crippen LogP) is 6.27. The largest absolute Gasteiger partial charge is 0.497 e. The number of nitrogens with one attached hydrogen (secondary N) is 1. The molecule has 0 amide bonds. The highest BCUT2D eigenvalue weighted by atomic mass is 35.5. The Morgan fingerprint density at radius 1 is 0.828 bits per heavy atom. The third kappa shape index (κ3) is 3.33. The van der Waals surface area contributed by atoms with Gasteiger partial charge < -0.3 is 9.47 Å². The van der Waals surface area contributed by atoms with Gasteiger partial charge in [-0.2, -0.15) is 0 Å². The van der Waals surface area contributed by atoms with E-state index in [2.05, 4.69) is 41.7 Å². The Kier molecular flexibility index (Phi) is 4.62. The number of fused-ring (bicyclic) bond motifs is 3. The Hall–Kier alpha value is -3.01. The van der Waals surface area contributed by atoms with Crippen LogP contribution in [0.3, 0.4) is 0 Å². The summed E-state index contributed by atoms with van der Waals surface area (Å²) >= 11 is 6.13. The number of rotatable bonds is 3. The van der Waals surface area contributed by atoms with Crippen molar-refractivity contribution in [2.75, 3.05) is 7.11 Å². The van der Waals surface area contributed by atoms with Crippen molar-refractivity contribution in [3.63, 3.8) is 0 Å². The summed E-state index contributed by atoms with van der Waals surface area (Å²) in [5.41, 5.74) is 3.31. The molecule has 1 aliphatic rings. The van der Waals surface area contributed by atoms with Crippen LogP contribution in [0.25, 0.3) is 10.8 Å². The van der Waals surface area contributed by atoms with E-state index in [1.807, 2.05) is 48.5 Å². The molecule has 144 valence electrons. The van der Waals surface area contributed by atoms with Crippen LogP contribution in [0.15, 0.2) is 84.9 Å². The highest BCUT2D eigenvalue weighted by Gasteiger charge is 2.30. The molecule has 0 bridgehead atoms. The van der Waals surface area contributed by atoms with Crippen molar-refractivity contribution in [3.8, 4) is 11.5 Å². The van der Waals surface area contributed by atoms with Gasteiger partial charge in [-0.3, -0.25) is 5.32 Å². The molecule has 4 aromatic rings. The lowest BCUT2D eigenvalue weighted by molar-refractivity contribution is 0.135. The van der Waals surface area contributed by atoms with Gasteiger partial charge in [0, 0.05) is 21.5 Å². The minimum absolute atomic E-state index is 0.00674. The lowest BCUT2D eigenvalue weighted by atomic mass is 9.93. The first-order valence-electron chi connectivity index (χ1n) is 9.57. The molecule has 1 N–H and O–H groups in total. The van der Waals surface area contributed by atoms with Gasteiger partial charge in [0.1, 0.15) is 11.5 Å². The number of hydrogen-bond acceptors (Lipinski definition) is 3. The summed E-state index contributed by atoms with van der Waals surface area (Å²) in [6, 6.07) is 28.6. The molecular weight excluding hydrogens is 382 g/mol. The molecule has 0 saturated heterocycles. The van der Waals surface area contributed by atoms with Crippen LogP contribution in [-0.2, 0) is 0 Å². The number of benzene rings is 4. The minimum Gasteiger partial charge on any atom is -0.497 e. The third-order valence-electron chi connectivity index (χ3n) is 5.40. The highest BCUT2D eigenvalue weighted by molar-refractivity contribution is 6.30. The van der Waals surface area contributed by atoms with E-state index < -0.39 is 0 Å². The Morgan fingerprint density at radius 2 is 1.55 bits per heavy atom. The highest BCUT2D eigenvalue weighted by Crippen LogP contribution is 2.43. The van der Waals surface area contributed by atoms with Gasteiger partial charge in [-0.1, -0.05) is 72.3 Å². The predicted molar refractivity (Wildman–Crippen MR) is 117 cm³/mol. The van der Waals surface area contributed by atoms with Crippen LogP contribution >= 0.6 is 11.6 Å². The van der Waals surface area contributed by atoms with E-state index in [1.165, 1.54) is 0 Å². The first-order chi connectivity index (χ1) is 14.2. The van der Waals surface area contributed by atoms with Crippen molar-refractivity contribution in [3.05, 3.63) is 107 Å². The average Bonchev–Trinajstić information content (AvgIpc) is 2.79. The molecule has 0 saturated carbocycles. The van der Waals surface area contributed by atoms with E-state index in [0.717, 1.165) is 44.0 Å². The molecule has 0 fully saturated rings. The van der Waals surface area contributed by atoms with E-state index in [0.29, 0.717) is 0 Å². The van der Waals surface area contributed by atoms with Gasteiger partial charge in [0.25, 0.3) is 0 Å². The maximum atomic E-state index is 6.50. The van der Waals surface area contributed by atoms with Crippen molar-refractivity contribution in [1.29, 1.82) is 0 Å². The second-order valence-corrected chi connectivity index (χ2v) is 7.56. The minimum atomic E-state index is -0.278. The number of hydrogen-bond donors (Lipinski definition) is 1. The zero-order valence-corrected chi connectivity index (χ0v) is 16.7.